The largest absolute Gasteiger partial charge is 0.435 e. The van der Waals surface area contributed by atoms with Gasteiger partial charge in [0.1, 0.15) is 12.7 Å². The SMILES string of the molecule is O=C(Nc1ccc(-n2cnnc2)cc1)C1CCc2c(c(-c3c[nH]nc3C(F)(F)F)nc3ccc4[nH]ncc4c23)C1. The second kappa shape index (κ2) is 9.00. The van der Waals surface area contributed by atoms with E-state index < -0.39 is 17.8 Å². The molecule has 1 amide bonds. The molecular formula is C27H20F3N9O. The van der Waals surface area contributed by atoms with Crippen molar-refractivity contribution in [2.75, 3.05) is 5.32 Å². The van der Waals surface area contributed by atoms with Crippen LogP contribution in [0.3, 0.4) is 0 Å². The number of carbonyl (C=O) groups is 1. The third-order valence-electron chi connectivity index (χ3n) is 7.37. The smallest absolute Gasteiger partial charge is 0.326 e. The van der Waals surface area contributed by atoms with Gasteiger partial charge < -0.3 is 5.32 Å². The number of pyridine rings is 1. The number of benzene rings is 2. The number of anilines is 1. The van der Waals surface area contributed by atoms with Crippen LogP contribution >= 0.6 is 0 Å². The topological polar surface area (TPSA) is 130 Å². The van der Waals surface area contributed by atoms with E-state index in [9.17, 15) is 18.0 Å². The van der Waals surface area contributed by atoms with Gasteiger partial charge in [0.2, 0.25) is 5.91 Å². The number of aromatic amines is 2. The summed E-state index contributed by atoms with van der Waals surface area (Å²) in [7, 11) is 0. The van der Waals surface area contributed by atoms with E-state index in [1.54, 1.807) is 41.6 Å². The van der Waals surface area contributed by atoms with E-state index >= 15 is 0 Å². The lowest BCUT2D eigenvalue weighted by atomic mass is 9.79. The number of aryl methyl sites for hydroxylation is 1. The van der Waals surface area contributed by atoms with Crippen LogP contribution in [0.1, 0.15) is 23.2 Å². The minimum absolute atomic E-state index is 0.136. The third kappa shape index (κ3) is 3.97. The summed E-state index contributed by atoms with van der Waals surface area (Å²) < 4.78 is 43.3. The molecule has 0 saturated heterocycles. The zero-order valence-electron chi connectivity index (χ0n) is 20.7. The van der Waals surface area contributed by atoms with Crippen molar-refractivity contribution in [3.63, 3.8) is 0 Å². The van der Waals surface area contributed by atoms with Crippen molar-refractivity contribution in [2.24, 2.45) is 5.92 Å². The zero-order chi connectivity index (χ0) is 27.4. The highest BCUT2D eigenvalue weighted by atomic mass is 19.4. The van der Waals surface area contributed by atoms with Gasteiger partial charge in [0.25, 0.3) is 0 Å². The number of carbonyl (C=O) groups excluding carboxylic acids is 1. The molecule has 0 bridgehead atoms. The number of alkyl halides is 3. The number of fused-ring (bicyclic) bond motifs is 5. The standard InChI is InChI=1S/C27H20F3N9O/c28-27(29,30)25-20(11-32-38-25)24-18-9-14(26(40)35-15-2-4-16(5-3-15)39-12-33-34-13-39)1-6-17(18)23-19-10-31-37-21(19)7-8-22(23)36-24/h2-5,7-8,10-14H,1,6,9H2,(H,31,37)(H,32,38)(H,35,40). The van der Waals surface area contributed by atoms with Gasteiger partial charge in [-0.1, -0.05) is 0 Å². The maximum Gasteiger partial charge on any atom is 0.435 e. The predicted octanol–water partition coefficient (Wildman–Crippen LogP) is 4.84. The minimum Gasteiger partial charge on any atom is -0.326 e. The van der Waals surface area contributed by atoms with E-state index in [0.29, 0.717) is 29.6 Å². The summed E-state index contributed by atoms with van der Waals surface area (Å²) in [6, 6.07) is 10.8. The van der Waals surface area contributed by atoms with Crippen LogP contribution in [0.25, 0.3) is 38.8 Å². The van der Waals surface area contributed by atoms with Crippen molar-refractivity contribution in [3.05, 3.63) is 78.3 Å². The number of hydrogen-bond acceptors (Lipinski definition) is 6. The first-order valence-corrected chi connectivity index (χ1v) is 12.5. The summed E-state index contributed by atoms with van der Waals surface area (Å²) >= 11 is 0. The quantitative estimate of drug-likeness (QED) is 0.292. The van der Waals surface area contributed by atoms with Crippen molar-refractivity contribution in [3.8, 4) is 16.9 Å². The monoisotopic (exact) mass is 543 g/mol. The normalized spacial score (nSPS) is 15.4. The fourth-order valence-corrected chi connectivity index (χ4v) is 5.49. The fourth-order valence-electron chi connectivity index (χ4n) is 5.49. The van der Waals surface area contributed by atoms with Crippen LogP contribution in [-0.4, -0.2) is 46.1 Å². The van der Waals surface area contributed by atoms with Gasteiger partial charge in [-0.15, -0.1) is 10.2 Å². The number of rotatable bonds is 4. The number of hydrogen-bond donors (Lipinski definition) is 3. The Morgan fingerprint density at radius 1 is 1.05 bits per heavy atom. The highest BCUT2D eigenvalue weighted by Crippen LogP contribution is 2.42. The van der Waals surface area contributed by atoms with Gasteiger partial charge in [-0.3, -0.25) is 19.6 Å². The van der Waals surface area contributed by atoms with Crippen LogP contribution in [0, 0.1) is 5.92 Å². The van der Waals surface area contributed by atoms with Crippen LogP contribution in [0.4, 0.5) is 18.9 Å². The average molecular weight is 544 g/mol. The molecule has 3 N–H and O–H groups in total. The van der Waals surface area contributed by atoms with E-state index in [4.69, 9.17) is 4.98 Å². The molecule has 0 spiro atoms. The Morgan fingerprint density at radius 3 is 2.62 bits per heavy atom. The first-order valence-electron chi connectivity index (χ1n) is 12.5. The first-order chi connectivity index (χ1) is 19.4. The molecule has 4 aromatic heterocycles. The Bertz CT molecular complexity index is 1870. The number of amides is 1. The van der Waals surface area contributed by atoms with Gasteiger partial charge in [-0.25, -0.2) is 4.98 Å². The second-order valence-corrected chi connectivity index (χ2v) is 9.70. The fraction of sp³-hybridized carbons (Fsp3) is 0.185. The molecule has 0 radical (unpaired) electrons. The maximum absolute atomic E-state index is 13.9. The molecule has 1 unspecified atom stereocenters. The lowest BCUT2D eigenvalue weighted by Gasteiger charge is -2.27. The number of H-pyrrole nitrogens is 2. The summed E-state index contributed by atoms with van der Waals surface area (Å²) in [4.78, 5) is 18.1. The van der Waals surface area contributed by atoms with Gasteiger partial charge in [0.15, 0.2) is 5.69 Å². The molecule has 0 fully saturated rings. The highest BCUT2D eigenvalue weighted by Gasteiger charge is 2.39. The third-order valence-corrected chi connectivity index (χ3v) is 7.37. The number of nitrogens with zero attached hydrogens (tertiary/aromatic N) is 6. The van der Waals surface area contributed by atoms with Crippen LogP contribution in [0.2, 0.25) is 0 Å². The Balaban J connectivity index is 1.27. The molecule has 0 saturated carbocycles. The molecule has 10 nitrogen and oxygen atoms in total. The molecule has 2 aromatic carbocycles. The van der Waals surface area contributed by atoms with Gasteiger partial charge >= 0.3 is 6.18 Å². The first kappa shape index (κ1) is 24.0. The van der Waals surface area contributed by atoms with Gasteiger partial charge in [-0.05, 0) is 66.8 Å². The summed E-state index contributed by atoms with van der Waals surface area (Å²) in [6.07, 6.45) is 2.65. The lowest BCUT2D eigenvalue weighted by Crippen LogP contribution is -2.29. The van der Waals surface area contributed by atoms with E-state index in [0.717, 1.165) is 27.5 Å². The Kier molecular flexibility index (Phi) is 5.40. The molecule has 40 heavy (non-hydrogen) atoms. The molecule has 0 aliphatic heterocycles. The average Bonchev–Trinajstić information content (AvgIpc) is 3.74. The highest BCUT2D eigenvalue weighted by molar-refractivity contribution is 6.08. The molecule has 1 aliphatic rings. The van der Waals surface area contributed by atoms with Gasteiger partial charge in [-0.2, -0.15) is 23.4 Å². The van der Waals surface area contributed by atoms with Gasteiger partial charge in [0.05, 0.1) is 28.5 Å². The lowest BCUT2D eigenvalue weighted by molar-refractivity contribution is -0.140. The molecule has 4 heterocycles. The van der Waals surface area contributed by atoms with Gasteiger partial charge in [0, 0.05) is 34.3 Å². The van der Waals surface area contributed by atoms with E-state index in [1.165, 1.54) is 6.20 Å². The summed E-state index contributed by atoms with van der Waals surface area (Å²) in [6.45, 7) is 0. The van der Waals surface area contributed by atoms with Crippen LogP contribution in [0.15, 0.2) is 61.4 Å². The van der Waals surface area contributed by atoms with Crippen LogP contribution < -0.4 is 5.32 Å². The number of nitrogens with one attached hydrogen (secondary N) is 3. The predicted molar refractivity (Wildman–Crippen MR) is 139 cm³/mol. The van der Waals surface area contributed by atoms with E-state index in [2.05, 4.69) is 35.9 Å². The molecule has 1 atom stereocenters. The zero-order valence-corrected chi connectivity index (χ0v) is 20.7. The van der Waals surface area contributed by atoms with Crippen molar-refractivity contribution in [1.29, 1.82) is 0 Å². The number of aromatic nitrogens is 8. The van der Waals surface area contributed by atoms with E-state index in [-0.39, 0.29) is 23.6 Å². The van der Waals surface area contributed by atoms with Crippen molar-refractivity contribution >= 4 is 33.4 Å². The van der Waals surface area contributed by atoms with E-state index in [1.807, 2.05) is 18.2 Å². The molecular weight excluding hydrogens is 523 g/mol. The Hall–Kier alpha value is -5.07. The molecule has 13 heteroatoms. The second-order valence-electron chi connectivity index (χ2n) is 9.70. The van der Waals surface area contributed by atoms with Crippen molar-refractivity contribution < 1.29 is 18.0 Å². The van der Waals surface area contributed by atoms with Crippen molar-refractivity contribution in [2.45, 2.75) is 25.4 Å². The summed E-state index contributed by atoms with van der Waals surface area (Å²) in [5.74, 6) is -0.675. The van der Waals surface area contributed by atoms with Crippen molar-refractivity contribution in [1.82, 2.24) is 40.1 Å². The number of halogens is 3. The molecule has 7 rings (SSSR count). The van der Waals surface area contributed by atoms with Crippen LogP contribution in [-0.2, 0) is 23.8 Å². The van der Waals surface area contributed by atoms with Crippen LogP contribution in [0.5, 0.6) is 0 Å². The molecule has 200 valence electrons. The molecule has 1 aliphatic carbocycles. The Morgan fingerprint density at radius 2 is 1.85 bits per heavy atom. The molecule has 6 aromatic rings. The Labute approximate surface area is 223 Å². The summed E-state index contributed by atoms with van der Waals surface area (Å²) in [5.41, 5.74) is 3.32. The maximum atomic E-state index is 13.9. The minimum atomic E-state index is -4.67. The summed E-state index contributed by atoms with van der Waals surface area (Å²) in [5, 5.41) is 25.1.